The van der Waals surface area contributed by atoms with E-state index < -0.39 is 28.4 Å². The van der Waals surface area contributed by atoms with Crippen molar-refractivity contribution >= 4 is 39.2 Å². The molecule has 1 unspecified atom stereocenters. The number of methoxy groups -OCH3 is 1. The van der Waals surface area contributed by atoms with Gasteiger partial charge in [-0.2, -0.15) is 0 Å². The third-order valence-electron chi connectivity index (χ3n) is 8.26. The van der Waals surface area contributed by atoms with E-state index in [2.05, 4.69) is 10.1 Å². The van der Waals surface area contributed by atoms with Crippen LogP contribution >= 0.6 is 0 Å². The fraction of sp³-hybridized carbons (Fsp3) is 0.375. The van der Waals surface area contributed by atoms with Crippen LogP contribution in [0.5, 0.6) is 5.75 Å². The molecule has 3 heterocycles. The van der Waals surface area contributed by atoms with E-state index in [1.165, 1.54) is 13.3 Å². The molecule has 1 atom stereocenters. The highest BCUT2D eigenvalue weighted by molar-refractivity contribution is 6.03. The predicted molar refractivity (Wildman–Crippen MR) is 164 cm³/mol. The Kier molecular flexibility index (Phi) is 7.85. The van der Waals surface area contributed by atoms with Gasteiger partial charge in [-0.05, 0) is 44.9 Å². The predicted octanol–water partition coefficient (Wildman–Crippen LogP) is 4.24. The van der Waals surface area contributed by atoms with Gasteiger partial charge < -0.3 is 28.6 Å². The number of hydrogen-bond donors (Lipinski definition) is 1. The van der Waals surface area contributed by atoms with Crippen molar-refractivity contribution < 1.29 is 28.3 Å². The van der Waals surface area contributed by atoms with Gasteiger partial charge in [0.05, 0.1) is 23.6 Å². The first-order chi connectivity index (χ1) is 21.2. The van der Waals surface area contributed by atoms with Crippen LogP contribution in [0.2, 0.25) is 0 Å². The summed E-state index contributed by atoms with van der Waals surface area (Å²) in [6, 6.07) is 10.0. The van der Waals surface area contributed by atoms with Gasteiger partial charge in [0.15, 0.2) is 11.6 Å². The normalized spacial score (nSPS) is 17.8. The number of carbonyl (C=O) groups is 1. The summed E-state index contributed by atoms with van der Waals surface area (Å²) in [5.41, 5.74) is 0.196. The van der Waals surface area contributed by atoms with Crippen molar-refractivity contribution in [2.24, 2.45) is 5.16 Å². The molecular weight excluding hydrogens is 571 g/mol. The number of aromatic nitrogens is 1. The van der Waals surface area contributed by atoms with E-state index in [-0.39, 0.29) is 28.9 Å². The summed E-state index contributed by atoms with van der Waals surface area (Å²) in [5, 5.41) is 14.6. The topological polar surface area (TPSA) is 127 Å². The van der Waals surface area contributed by atoms with Gasteiger partial charge in [-0.25, -0.2) is 14.0 Å². The Morgan fingerprint density at radius 2 is 1.93 bits per heavy atom. The molecule has 1 aliphatic carbocycles. The standard InChI is InChI=1S/C32H33FN4O7/c1-4-43-34-25(21-13-19-7-5-6-8-26(19)44-32(21)41)17-35-11-12-36(15-18(35)2)28-24(33)14-22-27(30(28)42-3)37(20-9-10-20)16-23(29(22)38)31(39)40/h5-8,13-14,16,18,20H,4,9-12,15,17H2,1-3H3,(H,39,40)/b34-25-. The molecule has 1 saturated heterocycles. The van der Waals surface area contributed by atoms with E-state index in [0.29, 0.717) is 55.2 Å². The number of pyridine rings is 1. The second kappa shape index (κ2) is 11.8. The number of carboxylic acid groups (broad SMARTS) is 1. The van der Waals surface area contributed by atoms with Crippen molar-refractivity contribution in [2.45, 2.75) is 38.8 Å². The van der Waals surface area contributed by atoms with Crippen molar-refractivity contribution in [3.05, 3.63) is 80.2 Å². The number of carboxylic acids is 1. The number of para-hydroxylation sites is 1. The van der Waals surface area contributed by atoms with Crippen LogP contribution in [0.1, 0.15) is 48.7 Å². The van der Waals surface area contributed by atoms with Crippen LogP contribution in [0.3, 0.4) is 0 Å². The number of anilines is 1. The van der Waals surface area contributed by atoms with Crippen molar-refractivity contribution in [2.75, 3.05) is 44.8 Å². The van der Waals surface area contributed by atoms with Gasteiger partial charge in [0, 0.05) is 49.8 Å². The average Bonchev–Trinajstić information content (AvgIpc) is 3.85. The molecule has 11 nitrogen and oxygen atoms in total. The Bertz CT molecular complexity index is 1910. The summed E-state index contributed by atoms with van der Waals surface area (Å²) >= 11 is 0. The molecule has 6 rings (SSSR count). The molecule has 230 valence electrons. The van der Waals surface area contributed by atoms with Crippen LogP contribution < -0.4 is 20.7 Å². The van der Waals surface area contributed by atoms with E-state index >= 15 is 4.39 Å². The fourth-order valence-corrected chi connectivity index (χ4v) is 5.92. The zero-order chi connectivity index (χ0) is 31.1. The molecule has 2 fully saturated rings. The molecule has 1 aliphatic heterocycles. The lowest BCUT2D eigenvalue weighted by molar-refractivity contribution is 0.0694. The lowest BCUT2D eigenvalue weighted by atomic mass is 10.1. The van der Waals surface area contributed by atoms with E-state index in [0.717, 1.165) is 24.3 Å². The third-order valence-corrected chi connectivity index (χ3v) is 8.26. The zero-order valence-corrected chi connectivity index (χ0v) is 24.7. The Hall–Kier alpha value is -4.71. The largest absolute Gasteiger partial charge is 0.492 e. The van der Waals surface area contributed by atoms with Crippen LogP contribution in [0.15, 0.2) is 61.8 Å². The summed E-state index contributed by atoms with van der Waals surface area (Å²) in [7, 11) is 1.43. The molecule has 1 saturated carbocycles. The van der Waals surface area contributed by atoms with Crippen LogP contribution in [0.4, 0.5) is 10.1 Å². The first-order valence-corrected chi connectivity index (χ1v) is 14.6. The van der Waals surface area contributed by atoms with Crippen molar-refractivity contribution in [1.82, 2.24) is 9.47 Å². The maximum atomic E-state index is 15.9. The summed E-state index contributed by atoms with van der Waals surface area (Å²) in [5.74, 6) is -1.81. The molecule has 2 aliphatic rings. The highest BCUT2D eigenvalue weighted by Crippen LogP contribution is 2.44. The lowest BCUT2D eigenvalue weighted by Crippen LogP contribution is -2.53. The summed E-state index contributed by atoms with van der Waals surface area (Å²) in [6.07, 6.45) is 2.99. The van der Waals surface area contributed by atoms with Crippen LogP contribution in [0.25, 0.3) is 21.9 Å². The van der Waals surface area contributed by atoms with E-state index in [1.54, 1.807) is 22.8 Å². The van der Waals surface area contributed by atoms with Gasteiger partial charge in [-0.1, -0.05) is 23.4 Å². The molecule has 0 radical (unpaired) electrons. The number of oxime groups is 1. The number of fused-ring (bicyclic) bond motifs is 2. The Labute approximate surface area is 251 Å². The third kappa shape index (κ3) is 5.30. The van der Waals surface area contributed by atoms with E-state index in [4.69, 9.17) is 14.0 Å². The number of rotatable bonds is 9. The SMILES string of the molecule is CCO/N=C(/CN1CCN(c2c(F)cc3c(=O)c(C(=O)O)cn(C4CC4)c3c2OC)CC1C)c1cc2ccccc2oc1=O. The Balaban J connectivity index is 1.32. The van der Waals surface area contributed by atoms with Crippen molar-refractivity contribution in [1.29, 1.82) is 0 Å². The van der Waals surface area contributed by atoms with Crippen molar-refractivity contribution in [3.63, 3.8) is 0 Å². The number of aromatic carboxylic acids is 1. The Morgan fingerprint density at radius 3 is 2.61 bits per heavy atom. The monoisotopic (exact) mass is 604 g/mol. The fourth-order valence-electron chi connectivity index (χ4n) is 5.92. The van der Waals surface area contributed by atoms with Gasteiger partial charge in [-0.3, -0.25) is 9.69 Å². The number of benzene rings is 2. The van der Waals surface area contributed by atoms with Crippen LogP contribution in [-0.4, -0.2) is 72.2 Å². The molecule has 0 amide bonds. The molecule has 0 spiro atoms. The number of nitrogens with zero attached hydrogens (tertiary/aromatic N) is 4. The van der Waals surface area contributed by atoms with Crippen LogP contribution in [-0.2, 0) is 4.84 Å². The number of ether oxygens (including phenoxy) is 1. The quantitative estimate of drug-likeness (QED) is 0.170. The molecule has 12 heteroatoms. The smallest absolute Gasteiger partial charge is 0.345 e. The minimum absolute atomic E-state index is 0.00924. The molecule has 0 bridgehead atoms. The van der Waals surface area contributed by atoms with Gasteiger partial charge in [0.25, 0.3) is 0 Å². The van der Waals surface area contributed by atoms with Gasteiger partial charge in [-0.15, -0.1) is 0 Å². The van der Waals surface area contributed by atoms with Crippen molar-refractivity contribution in [3.8, 4) is 5.75 Å². The van der Waals surface area contributed by atoms with E-state index in [1.807, 2.05) is 30.9 Å². The zero-order valence-electron chi connectivity index (χ0n) is 24.7. The number of piperazine rings is 1. The molecule has 2 aromatic heterocycles. The van der Waals surface area contributed by atoms with Crippen LogP contribution in [0, 0.1) is 5.82 Å². The first-order valence-electron chi connectivity index (χ1n) is 14.6. The maximum Gasteiger partial charge on any atom is 0.345 e. The maximum absolute atomic E-state index is 15.9. The van der Waals surface area contributed by atoms with Gasteiger partial charge >= 0.3 is 11.6 Å². The summed E-state index contributed by atoms with van der Waals surface area (Å²) in [6.45, 7) is 5.76. The minimum Gasteiger partial charge on any atom is -0.492 e. The number of hydrogen-bond acceptors (Lipinski definition) is 9. The molecule has 44 heavy (non-hydrogen) atoms. The number of halogens is 1. The lowest BCUT2D eigenvalue weighted by Gasteiger charge is -2.41. The minimum atomic E-state index is -1.35. The highest BCUT2D eigenvalue weighted by Gasteiger charge is 2.34. The average molecular weight is 605 g/mol. The highest BCUT2D eigenvalue weighted by atomic mass is 19.1. The summed E-state index contributed by atoms with van der Waals surface area (Å²) < 4.78 is 28.9. The second-order valence-corrected chi connectivity index (χ2v) is 11.2. The van der Waals surface area contributed by atoms with E-state index in [9.17, 15) is 19.5 Å². The second-order valence-electron chi connectivity index (χ2n) is 11.2. The van der Waals surface area contributed by atoms with Gasteiger partial charge in [0.2, 0.25) is 5.43 Å². The molecular formula is C32H33FN4O7. The molecule has 1 N–H and O–H groups in total. The molecule has 2 aromatic carbocycles. The van der Waals surface area contributed by atoms with Gasteiger partial charge in [0.1, 0.15) is 29.2 Å². The Morgan fingerprint density at radius 1 is 1.16 bits per heavy atom. The first kappa shape index (κ1) is 29.4. The summed E-state index contributed by atoms with van der Waals surface area (Å²) in [4.78, 5) is 47.2. The molecule has 4 aromatic rings.